The number of rotatable bonds is 5. The van der Waals surface area contributed by atoms with Gasteiger partial charge in [0.15, 0.2) is 0 Å². The van der Waals surface area contributed by atoms with Gasteiger partial charge in [0.25, 0.3) is 5.24 Å². The Bertz CT molecular complexity index is 576. The number of hydrogen-bond acceptors (Lipinski definition) is 3. The molecule has 1 atom stereocenters. The lowest BCUT2D eigenvalue weighted by Crippen LogP contribution is -2.25. The van der Waals surface area contributed by atoms with E-state index in [1.165, 1.54) is 44.1 Å². The highest BCUT2D eigenvalue weighted by molar-refractivity contribution is 8.15. The predicted octanol–water partition coefficient (Wildman–Crippen LogP) is 4.48. The number of aryl methyl sites for hydroxylation is 1. The molecule has 2 aliphatic rings. The molecule has 1 saturated carbocycles. The van der Waals surface area contributed by atoms with Crippen LogP contribution in [-0.4, -0.2) is 16.4 Å². The SMILES string of the molecule is CC1(CCc2ccc(CC3SC(=O)NC3=O)cc2)CCCCC1. The van der Waals surface area contributed by atoms with Gasteiger partial charge in [-0.1, -0.05) is 62.2 Å². The van der Waals surface area contributed by atoms with Gasteiger partial charge in [0.1, 0.15) is 0 Å². The molecule has 1 aliphatic heterocycles. The van der Waals surface area contributed by atoms with Crippen LogP contribution >= 0.6 is 11.8 Å². The summed E-state index contributed by atoms with van der Waals surface area (Å²) in [6.07, 6.45) is 9.93. The number of amides is 2. The molecule has 1 aliphatic carbocycles. The number of benzene rings is 1. The van der Waals surface area contributed by atoms with E-state index in [2.05, 4.69) is 36.5 Å². The maximum atomic E-state index is 11.6. The number of thioether (sulfide) groups is 1. The van der Waals surface area contributed by atoms with Crippen molar-refractivity contribution < 1.29 is 9.59 Å². The second-order valence-corrected chi connectivity index (χ2v) is 8.45. The van der Waals surface area contributed by atoms with Gasteiger partial charge in [0.2, 0.25) is 5.91 Å². The second kappa shape index (κ2) is 7.08. The third-order valence-corrected chi connectivity index (χ3v) is 6.27. The van der Waals surface area contributed by atoms with Crippen molar-refractivity contribution in [3.8, 4) is 0 Å². The van der Waals surface area contributed by atoms with Crippen molar-refractivity contribution in [1.29, 1.82) is 0 Å². The van der Waals surface area contributed by atoms with E-state index < -0.39 is 0 Å². The van der Waals surface area contributed by atoms with Crippen molar-refractivity contribution in [2.24, 2.45) is 5.41 Å². The van der Waals surface area contributed by atoms with Crippen molar-refractivity contribution in [2.75, 3.05) is 0 Å². The Hall–Kier alpha value is -1.29. The van der Waals surface area contributed by atoms with Gasteiger partial charge in [-0.2, -0.15) is 0 Å². The van der Waals surface area contributed by atoms with E-state index in [0.717, 1.165) is 23.7 Å². The number of hydrogen-bond donors (Lipinski definition) is 1. The molecule has 1 unspecified atom stereocenters. The van der Waals surface area contributed by atoms with Gasteiger partial charge < -0.3 is 0 Å². The van der Waals surface area contributed by atoms with E-state index in [9.17, 15) is 9.59 Å². The van der Waals surface area contributed by atoms with Crippen LogP contribution in [0.4, 0.5) is 4.79 Å². The highest BCUT2D eigenvalue weighted by atomic mass is 32.2. The summed E-state index contributed by atoms with van der Waals surface area (Å²) in [5.41, 5.74) is 3.02. The third kappa shape index (κ3) is 4.37. The lowest BCUT2D eigenvalue weighted by Gasteiger charge is -2.33. The molecule has 23 heavy (non-hydrogen) atoms. The van der Waals surface area contributed by atoms with Gasteiger partial charge in [-0.15, -0.1) is 0 Å². The Kier molecular flexibility index (Phi) is 5.10. The quantitative estimate of drug-likeness (QED) is 0.865. The molecule has 124 valence electrons. The molecule has 2 fully saturated rings. The van der Waals surface area contributed by atoms with Gasteiger partial charge in [-0.3, -0.25) is 14.9 Å². The van der Waals surface area contributed by atoms with E-state index in [1.807, 2.05) is 0 Å². The first kappa shape index (κ1) is 16.6. The average Bonchev–Trinajstić information content (AvgIpc) is 2.85. The van der Waals surface area contributed by atoms with Gasteiger partial charge in [-0.25, -0.2) is 0 Å². The molecule has 3 nitrogen and oxygen atoms in total. The highest BCUT2D eigenvalue weighted by Crippen LogP contribution is 2.39. The average molecular weight is 331 g/mol. The highest BCUT2D eigenvalue weighted by Gasteiger charge is 2.31. The Balaban J connectivity index is 1.53. The fourth-order valence-corrected chi connectivity index (χ4v) is 4.54. The summed E-state index contributed by atoms with van der Waals surface area (Å²) in [5, 5.41) is 1.85. The second-order valence-electron chi connectivity index (χ2n) is 7.28. The van der Waals surface area contributed by atoms with Crippen LogP contribution in [0.5, 0.6) is 0 Å². The van der Waals surface area contributed by atoms with Crippen LogP contribution in [0.3, 0.4) is 0 Å². The molecule has 1 aromatic carbocycles. The van der Waals surface area contributed by atoms with Crippen LogP contribution in [0, 0.1) is 5.41 Å². The summed E-state index contributed by atoms with van der Waals surface area (Å²) in [6, 6.07) is 8.58. The van der Waals surface area contributed by atoms with Crippen molar-refractivity contribution in [1.82, 2.24) is 5.32 Å². The lowest BCUT2D eigenvalue weighted by molar-refractivity contribution is -0.118. The molecule has 1 saturated heterocycles. The molecule has 4 heteroatoms. The van der Waals surface area contributed by atoms with E-state index in [-0.39, 0.29) is 16.4 Å². The first-order chi connectivity index (χ1) is 11.0. The third-order valence-electron chi connectivity index (χ3n) is 5.29. The van der Waals surface area contributed by atoms with Gasteiger partial charge in [0, 0.05) is 0 Å². The molecule has 3 rings (SSSR count). The monoisotopic (exact) mass is 331 g/mol. The van der Waals surface area contributed by atoms with Crippen molar-refractivity contribution in [3.63, 3.8) is 0 Å². The number of imide groups is 1. The van der Waals surface area contributed by atoms with Gasteiger partial charge in [0.05, 0.1) is 5.25 Å². The number of nitrogens with one attached hydrogen (secondary N) is 1. The molecule has 0 aromatic heterocycles. The van der Waals surface area contributed by atoms with Crippen LogP contribution in [-0.2, 0) is 17.6 Å². The van der Waals surface area contributed by atoms with Crippen molar-refractivity contribution >= 4 is 22.9 Å². The van der Waals surface area contributed by atoms with Crippen LogP contribution in [0.1, 0.15) is 56.6 Å². The zero-order valence-corrected chi connectivity index (χ0v) is 14.6. The minimum atomic E-state index is -0.269. The van der Waals surface area contributed by atoms with Crippen LogP contribution in [0.2, 0.25) is 0 Å². The van der Waals surface area contributed by atoms with Crippen molar-refractivity contribution in [3.05, 3.63) is 35.4 Å². The molecular formula is C19H25NO2S. The van der Waals surface area contributed by atoms with Crippen LogP contribution in [0.25, 0.3) is 0 Å². The van der Waals surface area contributed by atoms with E-state index in [1.54, 1.807) is 0 Å². The summed E-state index contributed by atoms with van der Waals surface area (Å²) in [5.74, 6) is -0.158. The molecule has 2 amide bonds. The molecular weight excluding hydrogens is 306 g/mol. The summed E-state index contributed by atoms with van der Waals surface area (Å²) >= 11 is 1.10. The molecule has 0 bridgehead atoms. The molecule has 1 N–H and O–H groups in total. The van der Waals surface area contributed by atoms with Crippen LogP contribution in [0.15, 0.2) is 24.3 Å². The Labute approximate surface area is 142 Å². The summed E-state index contributed by atoms with van der Waals surface area (Å²) in [6.45, 7) is 2.44. The fraction of sp³-hybridized carbons (Fsp3) is 0.579. The minimum absolute atomic E-state index is 0.158. The molecule has 1 aromatic rings. The van der Waals surface area contributed by atoms with Crippen molar-refractivity contribution in [2.45, 2.75) is 63.5 Å². The van der Waals surface area contributed by atoms with Gasteiger partial charge >= 0.3 is 0 Å². The van der Waals surface area contributed by atoms with Gasteiger partial charge in [-0.05, 0) is 48.6 Å². The smallest absolute Gasteiger partial charge is 0.286 e. The lowest BCUT2D eigenvalue weighted by atomic mass is 9.72. The standard InChI is InChI=1S/C19H25NO2S/c1-19(10-3-2-4-11-19)12-9-14-5-7-15(8-6-14)13-16-17(21)20-18(22)23-16/h5-8,16H,2-4,9-13H2,1H3,(H,20,21,22). The summed E-state index contributed by atoms with van der Waals surface area (Å²) in [4.78, 5) is 22.8. The van der Waals surface area contributed by atoms with E-state index >= 15 is 0 Å². The van der Waals surface area contributed by atoms with E-state index in [0.29, 0.717) is 11.8 Å². The maximum Gasteiger partial charge on any atom is 0.286 e. The minimum Gasteiger partial charge on any atom is -0.286 e. The predicted molar refractivity (Wildman–Crippen MR) is 94.6 cm³/mol. The first-order valence-electron chi connectivity index (χ1n) is 8.63. The number of carbonyl (C=O) groups excluding carboxylic acids is 2. The zero-order chi connectivity index (χ0) is 16.3. The van der Waals surface area contributed by atoms with E-state index in [4.69, 9.17) is 0 Å². The fourth-order valence-electron chi connectivity index (χ4n) is 3.69. The van der Waals surface area contributed by atoms with Crippen LogP contribution < -0.4 is 5.32 Å². The zero-order valence-electron chi connectivity index (χ0n) is 13.8. The normalized spacial score (nSPS) is 23.8. The number of carbonyl (C=O) groups is 2. The Morgan fingerprint density at radius 2 is 1.74 bits per heavy atom. The molecule has 1 heterocycles. The molecule has 0 radical (unpaired) electrons. The summed E-state index contributed by atoms with van der Waals surface area (Å²) in [7, 11) is 0. The Morgan fingerprint density at radius 3 is 2.35 bits per heavy atom. The maximum absolute atomic E-state index is 11.6. The Morgan fingerprint density at radius 1 is 1.09 bits per heavy atom. The molecule has 0 spiro atoms. The first-order valence-corrected chi connectivity index (χ1v) is 9.51. The summed E-state index contributed by atoms with van der Waals surface area (Å²) < 4.78 is 0. The largest absolute Gasteiger partial charge is 0.286 e. The topological polar surface area (TPSA) is 46.2 Å².